The molecule has 0 aromatic heterocycles. The van der Waals surface area contributed by atoms with E-state index in [1.54, 1.807) is 0 Å². The first kappa shape index (κ1) is 21.8. The zero-order valence-electron chi connectivity index (χ0n) is 15.1. The zero-order chi connectivity index (χ0) is 20.5. The van der Waals surface area contributed by atoms with Gasteiger partial charge in [-0.25, -0.2) is 21.6 Å². The van der Waals surface area contributed by atoms with Crippen LogP contribution >= 0.6 is 23.2 Å². The van der Waals surface area contributed by atoms with Gasteiger partial charge >= 0.3 is 0 Å². The highest BCUT2D eigenvalue weighted by Gasteiger charge is 2.43. The van der Waals surface area contributed by atoms with E-state index in [2.05, 4.69) is 4.72 Å². The summed E-state index contributed by atoms with van der Waals surface area (Å²) in [5.41, 5.74) is 0. The second kappa shape index (κ2) is 8.47. The monoisotopic (exact) mass is 468 g/mol. The summed E-state index contributed by atoms with van der Waals surface area (Å²) in [5, 5.41) is -0.969. The van der Waals surface area contributed by atoms with Gasteiger partial charge in [0.25, 0.3) is 0 Å². The molecule has 28 heavy (non-hydrogen) atoms. The van der Waals surface area contributed by atoms with Crippen LogP contribution in [-0.2, 0) is 24.7 Å². The quantitative estimate of drug-likeness (QED) is 0.689. The Morgan fingerprint density at radius 3 is 2.14 bits per heavy atom. The van der Waals surface area contributed by atoms with Crippen LogP contribution in [0, 0.1) is 0 Å². The molecule has 1 saturated carbocycles. The van der Waals surface area contributed by atoms with Crippen molar-refractivity contribution in [2.75, 3.05) is 19.6 Å². The number of hydrogen-bond acceptors (Lipinski definition) is 5. The van der Waals surface area contributed by atoms with Crippen molar-refractivity contribution in [2.45, 2.75) is 47.5 Å². The SMILES string of the molecule is O=C(CNS(=O)(=O)c1c(Cl)cccc1Cl)N1CC(S(=O)(=O)C2CCCCC2)C1. The lowest BCUT2D eigenvalue weighted by molar-refractivity contribution is -0.133. The molecule has 156 valence electrons. The molecule has 0 radical (unpaired) electrons. The molecule has 1 saturated heterocycles. The summed E-state index contributed by atoms with van der Waals surface area (Å²) in [5.74, 6) is -0.484. The molecule has 1 amide bonds. The van der Waals surface area contributed by atoms with E-state index in [-0.39, 0.29) is 33.3 Å². The van der Waals surface area contributed by atoms with Gasteiger partial charge in [0.15, 0.2) is 9.84 Å². The van der Waals surface area contributed by atoms with Crippen molar-refractivity contribution >= 4 is 49.0 Å². The lowest BCUT2D eigenvalue weighted by atomic mass is 10.0. The maximum atomic E-state index is 12.6. The lowest BCUT2D eigenvalue weighted by Crippen LogP contribution is -2.60. The summed E-state index contributed by atoms with van der Waals surface area (Å²) in [6.07, 6.45) is 4.28. The van der Waals surface area contributed by atoms with Crippen LogP contribution in [0.25, 0.3) is 0 Å². The predicted molar refractivity (Wildman–Crippen MR) is 108 cm³/mol. The van der Waals surface area contributed by atoms with Gasteiger partial charge in [-0.05, 0) is 25.0 Å². The van der Waals surface area contributed by atoms with Crippen molar-refractivity contribution in [3.05, 3.63) is 28.2 Å². The van der Waals surface area contributed by atoms with Crippen LogP contribution in [0.3, 0.4) is 0 Å². The number of nitrogens with one attached hydrogen (secondary N) is 1. The van der Waals surface area contributed by atoms with Gasteiger partial charge in [-0.2, -0.15) is 0 Å². The molecular formula is C17H22Cl2N2O5S2. The van der Waals surface area contributed by atoms with E-state index in [4.69, 9.17) is 23.2 Å². The first-order chi connectivity index (χ1) is 13.1. The molecule has 1 aliphatic heterocycles. The maximum absolute atomic E-state index is 12.6. The topological polar surface area (TPSA) is 101 Å². The average Bonchev–Trinajstić information content (AvgIpc) is 2.59. The van der Waals surface area contributed by atoms with E-state index < -0.39 is 37.6 Å². The predicted octanol–water partition coefficient (Wildman–Crippen LogP) is 2.23. The highest BCUT2D eigenvalue weighted by Crippen LogP contribution is 2.30. The smallest absolute Gasteiger partial charge is 0.244 e. The van der Waals surface area contributed by atoms with E-state index in [9.17, 15) is 21.6 Å². The van der Waals surface area contributed by atoms with Gasteiger partial charge in [0.05, 0.1) is 27.1 Å². The molecule has 7 nitrogen and oxygen atoms in total. The number of hydrogen-bond donors (Lipinski definition) is 1. The van der Waals surface area contributed by atoms with Crippen LogP contribution < -0.4 is 4.72 Å². The lowest BCUT2D eigenvalue weighted by Gasteiger charge is -2.40. The van der Waals surface area contributed by atoms with Crippen LogP contribution in [0.5, 0.6) is 0 Å². The number of rotatable bonds is 6. The summed E-state index contributed by atoms with van der Waals surface area (Å²) in [4.78, 5) is 13.3. The molecule has 2 aliphatic rings. The van der Waals surface area contributed by atoms with Crippen LogP contribution in [0.2, 0.25) is 10.0 Å². The normalized spacial score (nSPS) is 19.4. The molecule has 0 spiro atoms. The van der Waals surface area contributed by atoms with Crippen molar-refractivity contribution in [3.8, 4) is 0 Å². The number of sulfone groups is 1. The number of carbonyl (C=O) groups is 1. The minimum Gasteiger partial charge on any atom is -0.339 e. The van der Waals surface area contributed by atoms with Gasteiger partial charge in [-0.1, -0.05) is 48.5 Å². The van der Waals surface area contributed by atoms with E-state index in [0.717, 1.165) is 19.3 Å². The van der Waals surface area contributed by atoms with E-state index in [1.165, 1.54) is 23.1 Å². The number of likely N-dealkylation sites (tertiary alicyclic amines) is 1. The molecule has 0 unspecified atom stereocenters. The maximum Gasteiger partial charge on any atom is 0.244 e. The minimum absolute atomic E-state index is 0.0463. The molecule has 2 fully saturated rings. The van der Waals surface area contributed by atoms with Crippen LogP contribution in [0.1, 0.15) is 32.1 Å². The summed E-state index contributed by atoms with van der Waals surface area (Å²) in [6.45, 7) is -0.279. The Hall–Kier alpha value is -0.870. The van der Waals surface area contributed by atoms with E-state index >= 15 is 0 Å². The van der Waals surface area contributed by atoms with Gasteiger partial charge in [0.1, 0.15) is 4.90 Å². The standard InChI is InChI=1S/C17H22Cl2N2O5S2/c18-14-7-4-8-15(19)17(14)28(25,26)20-9-16(22)21-10-13(11-21)27(23,24)12-5-2-1-3-6-12/h4,7-8,12-13,20H,1-3,5-6,9-11H2. The van der Waals surface area contributed by atoms with Gasteiger partial charge in [-0.3, -0.25) is 4.79 Å². The van der Waals surface area contributed by atoms with Crippen molar-refractivity contribution in [1.29, 1.82) is 0 Å². The third-order valence-electron chi connectivity index (χ3n) is 5.28. The molecule has 1 aliphatic carbocycles. The second-order valence-electron chi connectivity index (χ2n) is 7.15. The van der Waals surface area contributed by atoms with Crippen LogP contribution in [-0.4, -0.2) is 57.8 Å². The number of halogens is 2. The summed E-state index contributed by atoms with van der Waals surface area (Å²) in [7, 11) is -7.33. The Morgan fingerprint density at radius 2 is 1.57 bits per heavy atom. The molecule has 1 N–H and O–H groups in total. The summed E-state index contributed by atoms with van der Waals surface area (Å²) in [6, 6.07) is 4.29. The minimum atomic E-state index is -4.07. The van der Waals surface area contributed by atoms with Crippen molar-refractivity contribution in [2.24, 2.45) is 0 Å². The molecule has 1 heterocycles. The third-order valence-corrected chi connectivity index (χ3v) is 10.3. The Kier molecular flexibility index (Phi) is 6.61. The first-order valence-electron chi connectivity index (χ1n) is 9.07. The van der Waals surface area contributed by atoms with E-state index in [1.807, 2.05) is 0 Å². The summed E-state index contributed by atoms with van der Waals surface area (Å²) >= 11 is 11.8. The van der Waals surface area contributed by atoms with Gasteiger partial charge in [-0.15, -0.1) is 0 Å². The average molecular weight is 469 g/mol. The highest BCUT2D eigenvalue weighted by molar-refractivity contribution is 7.92. The Labute approximate surface area is 175 Å². The van der Waals surface area contributed by atoms with E-state index in [0.29, 0.717) is 12.8 Å². The fourth-order valence-corrected chi connectivity index (χ4v) is 8.02. The Morgan fingerprint density at radius 1 is 1.00 bits per heavy atom. The number of benzene rings is 1. The molecule has 1 aromatic carbocycles. The third kappa shape index (κ3) is 4.48. The largest absolute Gasteiger partial charge is 0.339 e. The summed E-state index contributed by atoms with van der Waals surface area (Å²) < 4.78 is 52.2. The number of carbonyl (C=O) groups excluding carboxylic acids is 1. The van der Waals surface area contributed by atoms with Crippen molar-refractivity contribution < 1.29 is 21.6 Å². The van der Waals surface area contributed by atoms with Crippen LogP contribution in [0.15, 0.2) is 23.1 Å². The van der Waals surface area contributed by atoms with Gasteiger partial charge in [0, 0.05) is 13.1 Å². The van der Waals surface area contributed by atoms with Crippen molar-refractivity contribution in [1.82, 2.24) is 9.62 Å². The fraction of sp³-hybridized carbons (Fsp3) is 0.588. The van der Waals surface area contributed by atoms with Crippen LogP contribution in [0.4, 0.5) is 0 Å². The fourth-order valence-electron chi connectivity index (χ4n) is 3.60. The molecule has 11 heteroatoms. The van der Waals surface area contributed by atoms with Gasteiger partial charge < -0.3 is 4.90 Å². The number of nitrogens with zero attached hydrogens (tertiary/aromatic N) is 1. The second-order valence-corrected chi connectivity index (χ2v) is 12.2. The molecule has 3 rings (SSSR count). The Balaban J connectivity index is 1.56. The molecular weight excluding hydrogens is 447 g/mol. The molecule has 1 aromatic rings. The zero-order valence-corrected chi connectivity index (χ0v) is 18.2. The van der Waals surface area contributed by atoms with Gasteiger partial charge in [0.2, 0.25) is 15.9 Å². The molecule has 0 atom stereocenters. The number of sulfonamides is 1. The first-order valence-corrected chi connectivity index (χ1v) is 12.9. The van der Waals surface area contributed by atoms with Crippen molar-refractivity contribution in [3.63, 3.8) is 0 Å². The number of amides is 1. The highest BCUT2D eigenvalue weighted by atomic mass is 35.5. The Bertz CT molecular complexity index is 934. The molecule has 0 bridgehead atoms.